The van der Waals surface area contributed by atoms with Crippen LogP contribution in [0.2, 0.25) is 0 Å². The summed E-state index contributed by atoms with van der Waals surface area (Å²) in [5.41, 5.74) is 1.60. The van der Waals surface area contributed by atoms with Crippen LogP contribution >= 0.6 is 0 Å². The van der Waals surface area contributed by atoms with Crippen LogP contribution in [0.4, 0.5) is 0 Å². The minimum Gasteiger partial charge on any atom is -0.493 e. The van der Waals surface area contributed by atoms with Crippen LogP contribution in [0.1, 0.15) is 37.8 Å². The van der Waals surface area contributed by atoms with Gasteiger partial charge in [-0.2, -0.15) is 5.26 Å². The number of rotatable bonds is 13. The Morgan fingerprint density at radius 3 is 1.97 bits per heavy atom. The lowest BCUT2D eigenvalue weighted by atomic mass is 9.69. The van der Waals surface area contributed by atoms with E-state index in [2.05, 4.69) is 37.9 Å². The number of likely N-dealkylation sites (N-methyl/N-ethyl adjacent to an activating group) is 1. The molecule has 0 N–H and O–H groups in total. The first-order valence-corrected chi connectivity index (χ1v) is 11.4. The van der Waals surface area contributed by atoms with E-state index in [0.29, 0.717) is 11.5 Å². The third kappa shape index (κ3) is 6.33. The second-order valence-electron chi connectivity index (χ2n) is 8.65. The molecule has 6 nitrogen and oxygen atoms in total. The van der Waals surface area contributed by atoms with Gasteiger partial charge in [0.25, 0.3) is 0 Å². The molecule has 0 heterocycles. The Balaban J connectivity index is 2.02. The van der Waals surface area contributed by atoms with Crippen molar-refractivity contribution in [3.05, 3.63) is 47.5 Å². The first kappa shape index (κ1) is 26.3. The summed E-state index contributed by atoms with van der Waals surface area (Å²) in [5.74, 6) is 2.99. The lowest BCUT2D eigenvalue weighted by Crippen LogP contribution is -2.32. The molecule has 2 rings (SSSR count). The summed E-state index contributed by atoms with van der Waals surface area (Å²) in [6.07, 6.45) is 2.61. The fourth-order valence-corrected chi connectivity index (χ4v) is 4.23. The van der Waals surface area contributed by atoms with Crippen molar-refractivity contribution in [2.75, 3.05) is 48.6 Å². The molecular formula is C27H38N2O4. The van der Waals surface area contributed by atoms with Gasteiger partial charge in [-0.25, -0.2) is 0 Å². The molecule has 0 amide bonds. The maximum absolute atomic E-state index is 10.2. The smallest absolute Gasteiger partial charge is 0.161 e. The standard InChI is InChI=1S/C27H38N2O4/c1-20(2)27(19-28,22-10-12-24(31-5)26(18-22)33-7)14-8-15-29(3)16-13-21-9-11-23(30-4)25(17-21)32-6/h9-12,17-18,20H,8,13-16H2,1-7H3/t27-/m1/s1/i3-1. The Morgan fingerprint density at radius 2 is 1.42 bits per heavy atom. The molecule has 0 bridgehead atoms. The van der Waals surface area contributed by atoms with E-state index in [1.54, 1.807) is 28.4 Å². The van der Waals surface area contributed by atoms with E-state index in [4.69, 9.17) is 18.9 Å². The minimum absolute atomic E-state index is 0.165. The molecule has 0 aliphatic heterocycles. The highest BCUT2D eigenvalue weighted by Gasteiger charge is 2.36. The van der Waals surface area contributed by atoms with Gasteiger partial charge in [0.1, 0.15) is 0 Å². The largest absolute Gasteiger partial charge is 0.493 e. The van der Waals surface area contributed by atoms with Crippen molar-refractivity contribution in [1.29, 1.82) is 5.26 Å². The monoisotopic (exact) mass is 453 g/mol. The summed E-state index contributed by atoms with van der Waals surface area (Å²) >= 11 is 0. The third-order valence-electron chi connectivity index (χ3n) is 6.42. The molecule has 2 aromatic carbocycles. The highest BCUT2D eigenvalue weighted by molar-refractivity contribution is 5.47. The zero-order chi connectivity index (χ0) is 24.4. The summed E-state index contributed by atoms with van der Waals surface area (Å²) in [5, 5.41) is 10.2. The highest BCUT2D eigenvalue weighted by atomic mass is 16.5. The van der Waals surface area contributed by atoms with E-state index in [1.165, 1.54) is 5.56 Å². The SMILES string of the molecule is COc1ccc(CCN([11CH3])CCC[C@](C#N)(c2ccc(OC)c(OC)c2)C(C)C)cc1OC. The van der Waals surface area contributed by atoms with E-state index in [-0.39, 0.29) is 5.92 Å². The Kier molecular flexibility index (Phi) is 9.87. The van der Waals surface area contributed by atoms with Gasteiger partial charge in [-0.05, 0) is 74.2 Å². The summed E-state index contributed by atoms with van der Waals surface area (Å²) in [6, 6.07) is 14.5. The topological polar surface area (TPSA) is 64.0 Å². The van der Waals surface area contributed by atoms with Crippen molar-refractivity contribution in [2.45, 2.75) is 38.5 Å². The molecule has 0 spiro atoms. The van der Waals surface area contributed by atoms with Crippen molar-refractivity contribution >= 4 is 0 Å². The van der Waals surface area contributed by atoms with Crippen LogP contribution in [-0.4, -0.2) is 53.5 Å². The van der Waals surface area contributed by atoms with Crippen LogP contribution in [0.15, 0.2) is 36.4 Å². The first-order chi connectivity index (χ1) is 15.8. The Hall–Kier alpha value is -2.91. The molecule has 2 aromatic rings. The van der Waals surface area contributed by atoms with Gasteiger partial charge in [-0.15, -0.1) is 0 Å². The van der Waals surface area contributed by atoms with Crippen LogP contribution in [0.3, 0.4) is 0 Å². The van der Waals surface area contributed by atoms with E-state index in [1.807, 2.05) is 30.3 Å². The summed E-state index contributed by atoms with van der Waals surface area (Å²) in [7, 11) is 8.67. The number of methoxy groups -OCH3 is 4. The van der Waals surface area contributed by atoms with Crippen LogP contribution in [0.5, 0.6) is 23.0 Å². The van der Waals surface area contributed by atoms with Gasteiger partial charge in [0.2, 0.25) is 0 Å². The highest BCUT2D eigenvalue weighted by Crippen LogP contribution is 2.40. The van der Waals surface area contributed by atoms with Gasteiger partial charge in [-0.1, -0.05) is 26.0 Å². The van der Waals surface area contributed by atoms with Crippen LogP contribution in [0.25, 0.3) is 0 Å². The van der Waals surface area contributed by atoms with Gasteiger partial charge in [-0.3, -0.25) is 0 Å². The lowest BCUT2D eigenvalue weighted by Gasteiger charge is -2.32. The second kappa shape index (κ2) is 12.4. The Bertz CT molecular complexity index is 938. The first-order valence-electron chi connectivity index (χ1n) is 11.4. The molecule has 1 atom stereocenters. The van der Waals surface area contributed by atoms with E-state index >= 15 is 0 Å². The van der Waals surface area contributed by atoms with Crippen molar-refractivity contribution < 1.29 is 18.9 Å². The molecule has 0 saturated heterocycles. The lowest BCUT2D eigenvalue weighted by molar-refractivity contribution is 0.292. The van der Waals surface area contributed by atoms with Crippen molar-refractivity contribution in [2.24, 2.45) is 5.92 Å². The number of hydrogen-bond donors (Lipinski definition) is 0. The Morgan fingerprint density at radius 1 is 0.848 bits per heavy atom. The second-order valence-corrected chi connectivity index (χ2v) is 8.65. The number of benzene rings is 2. The number of ether oxygens (including phenoxy) is 4. The molecule has 6 heteroatoms. The zero-order valence-electron chi connectivity index (χ0n) is 21.1. The molecule has 0 saturated carbocycles. The average molecular weight is 454 g/mol. The number of nitriles is 1. The molecule has 0 fully saturated rings. The quantitative estimate of drug-likeness (QED) is 0.421. The van der Waals surface area contributed by atoms with E-state index in [0.717, 1.165) is 49.4 Å². The summed E-state index contributed by atoms with van der Waals surface area (Å²) < 4.78 is 21.6. The molecule has 0 radical (unpaired) electrons. The fraction of sp³-hybridized carbons (Fsp3) is 0.519. The number of nitrogens with zero attached hydrogens (tertiary/aromatic N) is 2. The van der Waals surface area contributed by atoms with Crippen molar-refractivity contribution in [3.8, 4) is 29.1 Å². The molecule has 0 unspecified atom stereocenters. The minimum atomic E-state index is -0.580. The van der Waals surface area contributed by atoms with Gasteiger partial charge >= 0.3 is 0 Å². The predicted octanol–water partition coefficient (Wildman–Crippen LogP) is 5.09. The molecule has 180 valence electrons. The van der Waals surface area contributed by atoms with Crippen molar-refractivity contribution in [3.63, 3.8) is 0 Å². The molecule has 33 heavy (non-hydrogen) atoms. The van der Waals surface area contributed by atoms with Gasteiger partial charge < -0.3 is 23.8 Å². The van der Waals surface area contributed by atoms with Gasteiger partial charge in [0.05, 0.1) is 39.9 Å². The van der Waals surface area contributed by atoms with Gasteiger partial charge in [0.15, 0.2) is 23.0 Å². The predicted molar refractivity (Wildman–Crippen MR) is 132 cm³/mol. The molecule has 0 aliphatic carbocycles. The third-order valence-corrected chi connectivity index (χ3v) is 6.42. The zero-order valence-corrected chi connectivity index (χ0v) is 21.1. The normalized spacial score (nSPS) is 12.8. The van der Waals surface area contributed by atoms with Crippen LogP contribution < -0.4 is 18.9 Å². The molecule has 0 aromatic heterocycles. The molecular weight excluding hydrogens is 415 g/mol. The van der Waals surface area contributed by atoms with Gasteiger partial charge in [0, 0.05) is 6.54 Å². The van der Waals surface area contributed by atoms with Crippen LogP contribution in [0, 0.1) is 17.2 Å². The number of hydrogen-bond acceptors (Lipinski definition) is 6. The van der Waals surface area contributed by atoms with Crippen LogP contribution in [-0.2, 0) is 11.8 Å². The average Bonchev–Trinajstić information content (AvgIpc) is 2.84. The summed E-state index contributed by atoms with van der Waals surface area (Å²) in [4.78, 5) is 2.31. The maximum atomic E-state index is 10.2. The molecule has 0 aliphatic rings. The van der Waals surface area contributed by atoms with E-state index in [9.17, 15) is 5.26 Å². The summed E-state index contributed by atoms with van der Waals surface area (Å²) in [6.45, 7) is 6.06. The van der Waals surface area contributed by atoms with Crippen molar-refractivity contribution in [1.82, 2.24) is 4.90 Å². The Labute approximate surface area is 199 Å². The maximum Gasteiger partial charge on any atom is 0.161 e. The fourth-order valence-electron chi connectivity index (χ4n) is 4.23. The van der Waals surface area contributed by atoms with E-state index < -0.39 is 5.41 Å².